The summed E-state index contributed by atoms with van der Waals surface area (Å²) in [6, 6.07) is 7.67. The van der Waals surface area contributed by atoms with E-state index < -0.39 is 0 Å². The molecule has 0 spiro atoms. The zero-order chi connectivity index (χ0) is 12.1. The maximum atomic E-state index is 9.31. The fourth-order valence-electron chi connectivity index (χ4n) is 2.42. The average Bonchev–Trinajstić information content (AvgIpc) is 2.38. The second-order valence-electron chi connectivity index (χ2n) is 4.75. The minimum absolute atomic E-state index is 0.353. The first kappa shape index (κ1) is 12.4. The Morgan fingerprint density at radius 1 is 1.24 bits per heavy atom. The standard InChI is InChI=1S/C14H22N2O/c1-2-12(11-16-9-7-15-8-10-16)13-3-5-14(17)6-4-13/h3-6,12,15,17H,2,7-11H2,1H3. The van der Waals surface area contributed by atoms with E-state index in [4.69, 9.17) is 0 Å². The van der Waals surface area contributed by atoms with Gasteiger partial charge in [-0.2, -0.15) is 0 Å². The molecule has 17 heavy (non-hydrogen) atoms. The number of piperazine rings is 1. The van der Waals surface area contributed by atoms with Crippen LogP contribution in [0.2, 0.25) is 0 Å². The molecule has 2 N–H and O–H groups in total. The smallest absolute Gasteiger partial charge is 0.115 e. The highest BCUT2D eigenvalue weighted by Crippen LogP contribution is 2.22. The van der Waals surface area contributed by atoms with E-state index in [9.17, 15) is 5.11 Å². The predicted molar refractivity (Wildman–Crippen MR) is 70.4 cm³/mol. The van der Waals surface area contributed by atoms with Gasteiger partial charge in [0.15, 0.2) is 0 Å². The first-order valence-electron chi connectivity index (χ1n) is 6.51. The highest BCUT2D eigenvalue weighted by molar-refractivity contribution is 5.28. The van der Waals surface area contributed by atoms with Gasteiger partial charge in [0.1, 0.15) is 5.75 Å². The van der Waals surface area contributed by atoms with Gasteiger partial charge < -0.3 is 15.3 Å². The maximum absolute atomic E-state index is 9.31. The lowest BCUT2D eigenvalue weighted by atomic mass is 9.95. The molecule has 0 aliphatic carbocycles. The highest BCUT2D eigenvalue weighted by atomic mass is 16.3. The number of nitrogens with zero attached hydrogens (tertiary/aromatic N) is 1. The molecule has 1 aliphatic heterocycles. The minimum atomic E-state index is 0.353. The van der Waals surface area contributed by atoms with Crippen LogP contribution in [0, 0.1) is 0 Å². The summed E-state index contributed by atoms with van der Waals surface area (Å²) in [6.45, 7) is 7.86. The van der Waals surface area contributed by atoms with Gasteiger partial charge in [-0.15, -0.1) is 0 Å². The van der Waals surface area contributed by atoms with E-state index >= 15 is 0 Å². The number of benzene rings is 1. The van der Waals surface area contributed by atoms with Gasteiger partial charge in [0.2, 0.25) is 0 Å². The Hall–Kier alpha value is -1.06. The molecule has 1 aromatic rings. The van der Waals surface area contributed by atoms with Gasteiger partial charge in [-0.05, 0) is 30.0 Å². The van der Waals surface area contributed by atoms with Gasteiger partial charge in [0.05, 0.1) is 0 Å². The van der Waals surface area contributed by atoms with Crippen LogP contribution < -0.4 is 5.32 Å². The van der Waals surface area contributed by atoms with Crippen molar-refractivity contribution in [2.24, 2.45) is 0 Å². The lowest BCUT2D eigenvalue weighted by Gasteiger charge is -2.30. The third-order valence-electron chi connectivity index (χ3n) is 3.55. The van der Waals surface area contributed by atoms with E-state index in [2.05, 4.69) is 17.1 Å². The average molecular weight is 234 g/mol. The Morgan fingerprint density at radius 3 is 2.47 bits per heavy atom. The molecule has 0 amide bonds. The Morgan fingerprint density at radius 2 is 1.88 bits per heavy atom. The fraction of sp³-hybridized carbons (Fsp3) is 0.571. The zero-order valence-electron chi connectivity index (χ0n) is 10.5. The van der Waals surface area contributed by atoms with Crippen molar-refractivity contribution >= 4 is 0 Å². The molecule has 1 saturated heterocycles. The van der Waals surface area contributed by atoms with Crippen molar-refractivity contribution < 1.29 is 5.11 Å². The summed E-state index contributed by atoms with van der Waals surface area (Å²) in [5.74, 6) is 0.930. The Balaban J connectivity index is 1.97. The van der Waals surface area contributed by atoms with Crippen molar-refractivity contribution in [3.8, 4) is 5.75 Å². The Bertz CT molecular complexity index is 331. The highest BCUT2D eigenvalue weighted by Gasteiger charge is 2.16. The monoisotopic (exact) mass is 234 g/mol. The number of nitrogens with one attached hydrogen (secondary N) is 1. The lowest BCUT2D eigenvalue weighted by molar-refractivity contribution is 0.225. The topological polar surface area (TPSA) is 35.5 Å². The van der Waals surface area contributed by atoms with Crippen LogP contribution >= 0.6 is 0 Å². The molecule has 2 rings (SSSR count). The van der Waals surface area contributed by atoms with Crippen LogP contribution in [0.5, 0.6) is 5.75 Å². The van der Waals surface area contributed by atoms with E-state index in [0.717, 1.165) is 39.1 Å². The fourth-order valence-corrected chi connectivity index (χ4v) is 2.42. The number of phenols is 1. The molecule has 94 valence electrons. The van der Waals surface area contributed by atoms with Gasteiger partial charge in [-0.3, -0.25) is 0 Å². The van der Waals surface area contributed by atoms with Crippen molar-refractivity contribution in [1.82, 2.24) is 10.2 Å². The SMILES string of the molecule is CCC(CN1CCNCC1)c1ccc(O)cc1. The van der Waals surface area contributed by atoms with Crippen LogP contribution in [-0.2, 0) is 0 Å². The number of hydrogen-bond acceptors (Lipinski definition) is 3. The van der Waals surface area contributed by atoms with E-state index in [1.54, 1.807) is 12.1 Å². The van der Waals surface area contributed by atoms with Crippen molar-refractivity contribution in [1.29, 1.82) is 0 Å². The molecular formula is C14H22N2O. The van der Waals surface area contributed by atoms with Gasteiger partial charge in [0.25, 0.3) is 0 Å². The summed E-state index contributed by atoms with van der Waals surface area (Å²) in [7, 11) is 0. The molecular weight excluding hydrogens is 212 g/mol. The molecule has 0 aromatic heterocycles. The third kappa shape index (κ3) is 3.45. The number of hydrogen-bond donors (Lipinski definition) is 2. The third-order valence-corrected chi connectivity index (χ3v) is 3.55. The van der Waals surface area contributed by atoms with Gasteiger partial charge in [-0.1, -0.05) is 19.1 Å². The molecule has 1 aliphatic rings. The van der Waals surface area contributed by atoms with Gasteiger partial charge in [-0.25, -0.2) is 0 Å². The summed E-state index contributed by atoms with van der Waals surface area (Å²) < 4.78 is 0. The number of phenolic OH excluding ortho intramolecular Hbond substituents is 1. The summed E-state index contributed by atoms with van der Waals surface area (Å²) in [5.41, 5.74) is 1.34. The molecule has 3 nitrogen and oxygen atoms in total. The Labute approximate surface area is 103 Å². The van der Waals surface area contributed by atoms with Gasteiger partial charge >= 0.3 is 0 Å². The molecule has 0 saturated carbocycles. The molecule has 1 aromatic carbocycles. The summed E-state index contributed by atoms with van der Waals surface area (Å²) >= 11 is 0. The molecule has 1 unspecified atom stereocenters. The maximum Gasteiger partial charge on any atom is 0.115 e. The quantitative estimate of drug-likeness (QED) is 0.834. The van der Waals surface area contributed by atoms with Crippen molar-refractivity contribution in [3.63, 3.8) is 0 Å². The lowest BCUT2D eigenvalue weighted by Crippen LogP contribution is -2.44. The molecule has 1 atom stereocenters. The number of rotatable bonds is 4. The van der Waals surface area contributed by atoms with Crippen molar-refractivity contribution in [3.05, 3.63) is 29.8 Å². The normalized spacial score (nSPS) is 19.1. The van der Waals surface area contributed by atoms with E-state index in [1.807, 2.05) is 12.1 Å². The summed E-state index contributed by atoms with van der Waals surface area (Å²) in [6.07, 6.45) is 1.15. The predicted octanol–water partition coefficient (Wildman–Crippen LogP) is 1.79. The van der Waals surface area contributed by atoms with Crippen LogP contribution in [0.15, 0.2) is 24.3 Å². The second-order valence-corrected chi connectivity index (χ2v) is 4.75. The molecule has 1 fully saturated rings. The summed E-state index contributed by atoms with van der Waals surface area (Å²) in [4.78, 5) is 2.53. The van der Waals surface area contributed by atoms with Crippen LogP contribution in [0.25, 0.3) is 0 Å². The molecule has 1 heterocycles. The van der Waals surface area contributed by atoms with Gasteiger partial charge in [0, 0.05) is 32.7 Å². The minimum Gasteiger partial charge on any atom is -0.508 e. The first-order valence-corrected chi connectivity index (χ1v) is 6.51. The second kappa shape index (κ2) is 6.03. The van der Waals surface area contributed by atoms with Crippen LogP contribution in [0.4, 0.5) is 0 Å². The number of aromatic hydroxyl groups is 1. The van der Waals surface area contributed by atoms with Crippen LogP contribution in [0.3, 0.4) is 0 Å². The molecule has 0 radical (unpaired) electrons. The Kier molecular flexibility index (Phi) is 4.40. The summed E-state index contributed by atoms with van der Waals surface area (Å²) in [5, 5.41) is 12.7. The van der Waals surface area contributed by atoms with Crippen LogP contribution in [-0.4, -0.2) is 42.7 Å². The van der Waals surface area contributed by atoms with E-state index in [-0.39, 0.29) is 0 Å². The van der Waals surface area contributed by atoms with E-state index in [1.165, 1.54) is 5.56 Å². The largest absolute Gasteiger partial charge is 0.508 e. The first-order chi connectivity index (χ1) is 8.29. The van der Waals surface area contributed by atoms with Crippen molar-refractivity contribution in [2.75, 3.05) is 32.7 Å². The van der Waals surface area contributed by atoms with Crippen molar-refractivity contribution in [2.45, 2.75) is 19.3 Å². The molecule has 3 heteroatoms. The van der Waals surface area contributed by atoms with E-state index in [0.29, 0.717) is 11.7 Å². The molecule has 0 bridgehead atoms. The zero-order valence-corrected chi connectivity index (χ0v) is 10.5. The van der Waals surface area contributed by atoms with Crippen LogP contribution in [0.1, 0.15) is 24.8 Å².